The Kier molecular flexibility index (Phi) is 3.94. The fraction of sp³-hybridized carbons (Fsp3) is 0.300. The van der Waals surface area contributed by atoms with Gasteiger partial charge in [0.25, 0.3) is 0 Å². The molecular formula is C10H15N3O. The first-order valence-corrected chi connectivity index (χ1v) is 4.45. The summed E-state index contributed by atoms with van der Waals surface area (Å²) < 4.78 is 0. The van der Waals surface area contributed by atoms with Crippen LogP contribution in [0.15, 0.2) is 29.4 Å². The lowest BCUT2D eigenvalue weighted by atomic mass is 10.1. The van der Waals surface area contributed by atoms with Gasteiger partial charge in [0.15, 0.2) is 5.84 Å². The minimum Gasteiger partial charge on any atom is -0.409 e. The lowest BCUT2D eigenvalue weighted by Crippen LogP contribution is -2.28. The normalized spacial score (nSPS) is 11.6. The summed E-state index contributed by atoms with van der Waals surface area (Å²) in [7, 11) is 0. The van der Waals surface area contributed by atoms with Gasteiger partial charge in [-0.15, -0.1) is 0 Å². The molecule has 0 saturated carbocycles. The number of aryl methyl sites for hydroxylation is 1. The van der Waals surface area contributed by atoms with Crippen molar-refractivity contribution in [2.24, 2.45) is 10.9 Å². The van der Waals surface area contributed by atoms with E-state index < -0.39 is 0 Å². The third kappa shape index (κ3) is 3.06. The molecule has 0 aromatic heterocycles. The highest BCUT2D eigenvalue weighted by atomic mass is 16.4. The Morgan fingerprint density at radius 1 is 1.50 bits per heavy atom. The summed E-state index contributed by atoms with van der Waals surface area (Å²) in [4.78, 5) is 0. The molecule has 0 amide bonds. The van der Waals surface area contributed by atoms with E-state index >= 15 is 0 Å². The van der Waals surface area contributed by atoms with Gasteiger partial charge in [-0.2, -0.15) is 0 Å². The molecule has 76 valence electrons. The van der Waals surface area contributed by atoms with Crippen molar-refractivity contribution in [3.8, 4) is 0 Å². The maximum atomic E-state index is 8.31. The smallest absolute Gasteiger partial charge is 0.153 e. The van der Waals surface area contributed by atoms with Crippen molar-refractivity contribution >= 4 is 5.84 Å². The summed E-state index contributed by atoms with van der Waals surface area (Å²) in [5.74, 6) is 0.193. The molecule has 14 heavy (non-hydrogen) atoms. The predicted octanol–water partition coefficient (Wildman–Crippen LogP) is 0.831. The third-order valence-electron chi connectivity index (χ3n) is 2.01. The Morgan fingerprint density at radius 2 is 2.21 bits per heavy atom. The fourth-order valence-electron chi connectivity index (χ4n) is 1.17. The lowest BCUT2D eigenvalue weighted by molar-refractivity contribution is 0.317. The largest absolute Gasteiger partial charge is 0.409 e. The Bertz CT molecular complexity index is 323. The number of hydrogen-bond acceptors (Lipinski definition) is 3. The molecule has 0 radical (unpaired) electrons. The molecule has 1 aromatic rings. The van der Waals surface area contributed by atoms with Crippen molar-refractivity contribution in [3.05, 3.63) is 35.4 Å². The standard InChI is InChI=1S/C10H15N3O/c1-8-4-2-3-5-9(8)6-12-7-10(11)13-14/h2-5,12,14H,6-7H2,1H3,(H2,11,13). The maximum absolute atomic E-state index is 8.31. The zero-order valence-corrected chi connectivity index (χ0v) is 8.20. The van der Waals surface area contributed by atoms with Gasteiger partial charge < -0.3 is 16.3 Å². The van der Waals surface area contributed by atoms with Crippen LogP contribution in [0.3, 0.4) is 0 Å². The van der Waals surface area contributed by atoms with Gasteiger partial charge in [0.1, 0.15) is 0 Å². The van der Waals surface area contributed by atoms with Crippen LogP contribution < -0.4 is 11.1 Å². The van der Waals surface area contributed by atoms with Crippen molar-refractivity contribution in [1.29, 1.82) is 0 Å². The minimum atomic E-state index is 0.193. The van der Waals surface area contributed by atoms with E-state index in [2.05, 4.69) is 29.5 Å². The molecule has 0 fully saturated rings. The molecule has 0 atom stereocenters. The van der Waals surface area contributed by atoms with Crippen LogP contribution >= 0.6 is 0 Å². The van der Waals surface area contributed by atoms with Crippen molar-refractivity contribution in [2.45, 2.75) is 13.5 Å². The number of oxime groups is 1. The summed E-state index contributed by atoms with van der Waals surface area (Å²) in [6.07, 6.45) is 0. The van der Waals surface area contributed by atoms with Crippen LogP contribution in [0, 0.1) is 6.92 Å². The van der Waals surface area contributed by atoms with Gasteiger partial charge in [0.05, 0.1) is 6.54 Å². The van der Waals surface area contributed by atoms with E-state index in [0.29, 0.717) is 6.54 Å². The number of amidine groups is 1. The molecule has 1 aromatic carbocycles. The predicted molar refractivity (Wildman–Crippen MR) is 56.3 cm³/mol. The number of rotatable bonds is 4. The lowest BCUT2D eigenvalue weighted by Gasteiger charge is -2.06. The van der Waals surface area contributed by atoms with Gasteiger partial charge in [-0.3, -0.25) is 0 Å². The molecule has 0 unspecified atom stereocenters. The minimum absolute atomic E-state index is 0.193. The van der Waals surface area contributed by atoms with E-state index in [-0.39, 0.29) is 5.84 Å². The molecule has 4 heteroatoms. The highest BCUT2D eigenvalue weighted by Gasteiger charge is 1.96. The first-order chi connectivity index (χ1) is 6.74. The average molecular weight is 193 g/mol. The molecule has 0 aliphatic carbocycles. The van der Waals surface area contributed by atoms with Crippen LogP contribution in [-0.4, -0.2) is 17.6 Å². The third-order valence-corrected chi connectivity index (χ3v) is 2.01. The summed E-state index contributed by atoms with van der Waals surface area (Å²) in [6.45, 7) is 3.17. The second-order valence-corrected chi connectivity index (χ2v) is 3.12. The number of nitrogens with one attached hydrogen (secondary N) is 1. The molecule has 0 saturated heterocycles. The molecule has 0 aliphatic rings. The van der Waals surface area contributed by atoms with Gasteiger partial charge >= 0.3 is 0 Å². The van der Waals surface area contributed by atoms with Crippen LogP contribution in [-0.2, 0) is 6.54 Å². The van der Waals surface area contributed by atoms with Crippen LogP contribution in [0.25, 0.3) is 0 Å². The van der Waals surface area contributed by atoms with Gasteiger partial charge in [-0.1, -0.05) is 29.4 Å². The van der Waals surface area contributed by atoms with Crippen molar-refractivity contribution in [2.75, 3.05) is 6.54 Å². The van der Waals surface area contributed by atoms with Crippen LogP contribution in [0.4, 0.5) is 0 Å². The van der Waals surface area contributed by atoms with Gasteiger partial charge in [-0.25, -0.2) is 0 Å². The van der Waals surface area contributed by atoms with E-state index in [4.69, 9.17) is 10.9 Å². The average Bonchev–Trinajstić information content (AvgIpc) is 2.20. The van der Waals surface area contributed by atoms with Gasteiger partial charge in [-0.05, 0) is 18.1 Å². The van der Waals surface area contributed by atoms with Crippen molar-refractivity contribution in [3.63, 3.8) is 0 Å². The molecule has 0 spiro atoms. The maximum Gasteiger partial charge on any atom is 0.153 e. The summed E-state index contributed by atoms with van der Waals surface area (Å²) in [6, 6.07) is 8.10. The topological polar surface area (TPSA) is 70.6 Å². The molecule has 1 rings (SSSR count). The van der Waals surface area contributed by atoms with E-state index in [0.717, 1.165) is 6.54 Å². The van der Waals surface area contributed by atoms with E-state index in [1.807, 2.05) is 12.1 Å². The van der Waals surface area contributed by atoms with Crippen molar-refractivity contribution < 1.29 is 5.21 Å². The second kappa shape index (κ2) is 5.24. The molecule has 0 bridgehead atoms. The van der Waals surface area contributed by atoms with Crippen LogP contribution in [0.2, 0.25) is 0 Å². The number of nitrogens with two attached hydrogens (primary N) is 1. The van der Waals surface area contributed by atoms with Crippen LogP contribution in [0.5, 0.6) is 0 Å². The monoisotopic (exact) mass is 193 g/mol. The van der Waals surface area contributed by atoms with E-state index in [1.165, 1.54) is 11.1 Å². The van der Waals surface area contributed by atoms with Gasteiger partial charge in [0.2, 0.25) is 0 Å². The van der Waals surface area contributed by atoms with E-state index in [1.54, 1.807) is 0 Å². The van der Waals surface area contributed by atoms with Gasteiger partial charge in [0, 0.05) is 6.54 Å². The first kappa shape index (κ1) is 10.5. The SMILES string of the molecule is Cc1ccccc1CNCC(N)=NO. The molecule has 0 heterocycles. The summed E-state index contributed by atoms with van der Waals surface area (Å²) in [5.41, 5.74) is 7.77. The number of nitrogens with zero attached hydrogens (tertiary/aromatic N) is 1. The zero-order valence-electron chi connectivity index (χ0n) is 8.20. The Labute approximate surface area is 83.4 Å². The quantitative estimate of drug-likeness (QED) is 0.287. The molecule has 4 N–H and O–H groups in total. The first-order valence-electron chi connectivity index (χ1n) is 4.45. The van der Waals surface area contributed by atoms with E-state index in [9.17, 15) is 0 Å². The summed E-state index contributed by atoms with van der Waals surface area (Å²) in [5, 5.41) is 14.3. The Balaban J connectivity index is 2.43. The Morgan fingerprint density at radius 3 is 2.86 bits per heavy atom. The summed E-state index contributed by atoms with van der Waals surface area (Å²) >= 11 is 0. The second-order valence-electron chi connectivity index (χ2n) is 3.12. The number of hydrogen-bond donors (Lipinski definition) is 3. The fourth-order valence-corrected chi connectivity index (χ4v) is 1.17. The Hall–Kier alpha value is -1.55. The highest BCUT2D eigenvalue weighted by molar-refractivity contribution is 5.81. The van der Waals surface area contributed by atoms with Crippen LogP contribution in [0.1, 0.15) is 11.1 Å². The molecule has 0 aliphatic heterocycles. The zero-order chi connectivity index (χ0) is 10.4. The molecule has 4 nitrogen and oxygen atoms in total. The highest BCUT2D eigenvalue weighted by Crippen LogP contribution is 2.05. The molecular weight excluding hydrogens is 178 g/mol. The number of benzene rings is 1. The van der Waals surface area contributed by atoms with Crippen molar-refractivity contribution in [1.82, 2.24) is 5.32 Å².